The number of amides is 1. The van der Waals surface area contributed by atoms with Crippen molar-refractivity contribution in [2.45, 2.75) is 25.3 Å². The molecule has 5 nitrogen and oxygen atoms in total. The first-order valence-electron chi connectivity index (χ1n) is 11.0. The molecular weight excluding hydrogens is 448 g/mol. The summed E-state index contributed by atoms with van der Waals surface area (Å²) in [5.41, 5.74) is 7.26. The molecule has 3 aromatic carbocycles. The molecule has 1 aromatic heterocycles. The van der Waals surface area contributed by atoms with E-state index in [4.69, 9.17) is 12.2 Å². The first kappa shape index (κ1) is 21.7. The summed E-state index contributed by atoms with van der Waals surface area (Å²) in [7, 11) is 4.14. The lowest BCUT2D eigenvalue weighted by atomic mass is 10.1. The number of nitrogens with zero attached hydrogens (tertiary/aromatic N) is 1. The number of thiazole rings is 1. The fourth-order valence-corrected chi connectivity index (χ4v) is 5.48. The molecule has 0 aliphatic heterocycles. The van der Waals surface area contributed by atoms with Crippen molar-refractivity contribution in [2.75, 3.05) is 29.6 Å². The number of aryl methyl sites for hydroxylation is 1. The van der Waals surface area contributed by atoms with Crippen LogP contribution in [-0.2, 0) is 0 Å². The Morgan fingerprint density at radius 2 is 1.94 bits per heavy atom. The van der Waals surface area contributed by atoms with Gasteiger partial charge in [-0.3, -0.25) is 4.79 Å². The van der Waals surface area contributed by atoms with Gasteiger partial charge in [-0.05, 0) is 79.2 Å². The molecule has 0 saturated heterocycles. The molecule has 168 valence electrons. The number of hydrogen-bond donors (Lipinski definition) is 3. The van der Waals surface area contributed by atoms with Crippen LogP contribution in [0.1, 0.15) is 33.8 Å². The molecule has 1 aliphatic rings. The minimum Gasteiger partial charge on any atom is -0.382 e. The van der Waals surface area contributed by atoms with Crippen LogP contribution in [0.25, 0.3) is 10.2 Å². The molecule has 3 N–H and O–H groups in total. The maximum absolute atomic E-state index is 12.9. The van der Waals surface area contributed by atoms with Crippen LogP contribution in [0.4, 0.5) is 17.1 Å². The van der Waals surface area contributed by atoms with E-state index >= 15 is 0 Å². The van der Waals surface area contributed by atoms with Crippen molar-refractivity contribution in [3.05, 3.63) is 81.3 Å². The van der Waals surface area contributed by atoms with Crippen molar-refractivity contribution >= 4 is 56.7 Å². The Morgan fingerprint density at radius 3 is 2.73 bits per heavy atom. The van der Waals surface area contributed by atoms with E-state index < -0.39 is 0 Å². The summed E-state index contributed by atoms with van der Waals surface area (Å²) >= 11 is 6.70. The average Bonchev–Trinajstić information content (AvgIpc) is 3.44. The Kier molecular flexibility index (Phi) is 5.68. The summed E-state index contributed by atoms with van der Waals surface area (Å²) in [6, 6.07) is 20.6. The second-order valence-electron chi connectivity index (χ2n) is 8.79. The fourth-order valence-electron chi connectivity index (χ4n) is 4.32. The molecule has 1 saturated carbocycles. The predicted molar refractivity (Wildman–Crippen MR) is 142 cm³/mol. The molecule has 7 heteroatoms. The molecule has 0 radical (unpaired) electrons. The van der Waals surface area contributed by atoms with Gasteiger partial charge in [-0.15, -0.1) is 11.3 Å². The van der Waals surface area contributed by atoms with Gasteiger partial charge in [-0.1, -0.05) is 18.2 Å². The van der Waals surface area contributed by atoms with Crippen molar-refractivity contribution in [3.8, 4) is 0 Å². The number of nitrogens with one attached hydrogen (secondary N) is 3. The molecule has 1 aliphatic carbocycles. The summed E-state index contributed by atoms with van der Waals surface area (Å²) in [5, 5.41) is 6.60. The van der Waals surface area contributed by atoms with Crippen LogP contribution in [-0.4, -0.2) is 31.0 Å². The molecule has 0 bridgehead atoms. The summed E-state index contributed by atoms with van der Waals surface area (Å²) in [4.78, 5) is 18.1. The molecular formula is C26H26N4OS2. The first-order valence-corrected chi connectivity index (χ1v) is 12.2. The van der Waals surface area contributed by atoms with E-state index in [0.717, 1.165) is 32.0 Å². The molecule has 4 aromatic rings. The third-order valence-electron chi connectivity index (χ3n) is 6.08. The molecule has 1 heterocycles. The van der Waals surface area contributed by atoms with E-state index in [1.165, 1.54) is 28.2 Å². The Morgan fingerprint density at radius 1 is 1.09 bits per heavy atom. The first-order chi connectivity index (χ1) is 15.9. The highest BCUT2D eigenvalue weighted by atomic mass is 32.1. The zero-order valence-electron chi connectivity index (χ0n) is 18.8. The fraction of sp³-hybridized carbons (Fsp3) is 0.231. The number of hydrogen-bond acceptors (Lipinski definition) is 5. The van der Waals surface area contributed by atoms with Gasteiger partial charge in [0.05, 0.1) is 10.2 Å². The molecule has 2 unspecified atom stereocenters. The highest BCUT2D eigenvalue weighted by Crippen LogP contribution is 2.43. The predicted octanol–water partition coefficient (Wildman–Crippen LogP) is 6.55. The molecule has 1 fully saturated rings. The van der Waals surface area contributed by atoms with E-state index in [1.807, 2.05) is 42.5 Å². The Hall–Kier alpha value is -3.16. The van der Waals surface area contributed by atoms with Gasteiger partial charge in [0.2, 0.25) is 0 Å². The number of rotatable bonds is 6. The molecule has 33 heavy (non-hydrogen) atoms. The van der Waals surface area contributed by atoms with Gasteiger partial charge in [0, 0.05) is 48.7 Å². The zero-order valence-corrected chi connectivity index (χ0v) is 20.4. The monoisotopic (exact) mass is 474 g/mol. The van der Waals surface area contributed by atoms with E-state index in [-0.39, 0.29) is 5.91 Å². The second kappa shape index (κ2) is 8.65. The highest BCUT2D eigenvalue weighted by molar-refractivity contribution is 7.73. The van der Waals surface area contributed by atoms with E-state index in [0.29, 0.717) is 17.5 Å². The second-order valence-corrected chi connectivity index (χ2v) is 10.5. The van der Waals surface area contributed by atoms with Crippen molar-refractivity contribution in [1.29, 1.82) is 0 Å². The summed E-state index contributed by atoms with van der Waals surface area (Å²) in [6.07, 6.45) is 1.10. The minimum absolute atomic E-state index is 0.126. The Balaban J connectivity index is 1.25. The lowest BCUT2D eigenvalue weighted by molar-refractivity contribution is 0.102. The zero-order chi connectivity index (χ0) is 23.1. The number of carbonyl (C=O) groups excluding carboxylic acids is 1. The number of fused-ring (bicyclic) bond motifs is 1. The maximum Gasteiger partial charge on any atom is 0.255 e. The maximum atomic E-state index is 12.9. The van der Waals surface area contributed by atoms with Crippen LogP contribution in [0, 0.1) is 10.9 Å². The smallest absolute Gasteiger partial charge is 0.255 e. The Labute approximate surface area is 202 Å². The van der Waals surface area contributed by atoms with Crippen molar-refractivity contribution in [3.63, 3.8) is 0 Å². The van der Waals surface area contributed by atoms with Crippen LogP contribution in [0.5, 0.6) is 0 Å². The van der Waals surface area contributed by atoms with E-state index in [1.54, 1.807) is 0 Å². The van der Waals surface area contributed by atoms with Crippen molar-refractivity contribution < 1.29 is 4.79 Å². The van der Waals surface area contributed by atoms with Gasteiger partial charge in [0.1, 0.15) is 0 Å². The number of aromatic amines is 1. The minimum atomic E-state index is -0.126. The third kappa shape index (κ3) is 4.65. The normalized spacial score (nSPS) is 17.1. The quantitative estimate of drug-likeness (QED) is 0.277. The molecule has 0 spiro atoms. The van der Waals surface area contributed by atoms with E-state index in [2.05, 4.69) is 59.7 Å². The topological polar surface area (TPSA) is 60.2 Å². The van der Waals surface area contributed by atoms with Gasteiger partial charge in [-0.25, -0.2) is 0 Å². The van der Waals surface area contributed by atoms with Gasteiger partial charge < -0.3 is 20.5 Å². The SMILES string of the molecule is Cc1cc(C2CC2Nc2cccc(C(=O)Nc3ccc4[nH]c(=S)sc4c3)c2)ccc1N(C)C. The van der Waals surface area contributed by atoms with Gasteiger partial charge >= 0.3 is 0 Å². The summed E-state index contributed by atoms with van der Waals surface area (Å²) < 4.78 is 1.76. The highest BCUT2D eigenvalue weighted by Gasteiger charge is 2.38. The summed E-state index contributed by atoms with van der Waals surface area (Å²) in [5.74, 6) is 0.375. The molecule has 2 atom stereocenters. The molecule has 1 amide bonds. The van der Waals surface area contributed by atoms with Gasteiger partial charge in [0.15, 0.2) is 3.95 Å². The van der Waals surface area contributed by atoms with Crippen LogP contribution < -0.4 is 15.5 Å². The van der Waals surface area contributed by atoms with E-state index in [9.17, 15) is 4.79 Å². The van der Waals surface area contributed by atoms with Gasteiger partial charge in [-0.2, -0.15) is 0 Å². The number of carbonyl (C=O) groups is 1. The lowest BCUT2D eigenvalue weighted by Crippen LogP contribution is -2.13. The van der Waals surface area contributed by atoms with Crippen LogP contribution in [0.3, 0.4) is 0 Å². The summed E-state index contributed by atoms with van der Waals surface area (Å²) in [6.45, 7) is 2.16. The average molecular weight is 475 g/mol. The van der Waals surface area contributed by atoms with Crippen LogP contribution >= 0.6 is 23.6 Å². The molecule has 5 rings (SSSR count). The lowest BCUT2D eigenvalue weighted by Gasteiger charge is -2.16. The number of anilines is 3. The van der Waals surface area contributed by atoms with Gasteiger partial charge in [0.25, 0.3) is 5.91 Å². The number of benzene rings is 3. The Bertz CT molecular complexity index is 1400. The van der Waals surface area contributed by atoms with Crippen LogP contribution in [0.15, 0.2) is 60.7 Å². The van der Waals surface area contributed by atoms with Crippen molar-refractivity contribution in [2.24, 2.45) is 0 Å². The van der Waals surface area contributed by atoms with Crippen molar-refractivity contribution in [1.82, 2.24) is 4.98 Å². The third-order valence-corrected chi connectivity index (χ3v) is 7.27. The standard InChI is InChI=1S/C26H26N4OS2/c1-15-11-16(7-10-23(15)30(2)3)20-14-22(20)27-18-6-4-5-17(12-18)25(31)28-19-8-9-21-24(13-19)33-26(32)29-21/h4-13,20,22,27H,14H2,1-3H3,(H,28,31)(H,29,32). The number of H-pyrrole nitrogens is 1. The van der Waals surface area contributed by atoms with Crippen LogP contribution in [0.2, 0.25) is 0 Å². The number of aromatic nitrogens is 1. The largest absolute Gasteiger partial charge is 0.382 e.